The van der Waals surface area contributed by atoms with Crippen LogP contribution in [0.25, 0.3) is 5.69 Å². The topological polar surface area (TPSA) is 111 Å². The Hall–Kier alpha value is -3.61. The number of nitrogens with zero attached hydrogens (tertiary/aromatic N) is 2. The van der Waals surface area contributed by atoms with Crippen molar-refractivity contribution >= 4 is 21.7 Å². The number of aromatic nitrogens is 2. The third-order valence-electron chi connectivity index (χ3n) is 6.45. The van der Waals surface area contributed by atoms with Crippen molar-refractivity contribution in [2.24, 2.45) is 5.92 Å². The number of sulfonamides is 1. The zero-order valence-electron chi connectivity index (χ0n) is 19.5. The van der Waals surface area contributed by atoms with Gasteiger partial charge in [-0.25, -0.2) is 22.3 Å². The quantitative estimate of drug-likeness (QED) is 0.390. The summed E-state index contributed by atoms with van der Waals surface area (Å²) in [6.45, 7) is 0. The van der Waals surface area contributed by atoms with Crippen molar-refractivity contribution < 1.29 is 40.6 Å². The van der Waals surface area contributed by atoms with Crippen molar-refractivity contribution in [2.75, 3.05) is 11.8 Å². The molecule has 0 aliphatic heterocycles. The molecule has 1 aliphatic rings. The van der Waals surface area contributed by atoms with E-state index in [1.165, 1.54) is 18.0 Å². The normalized spacial score (nSPS) is 18.4. The van der Waals surface area contributed by atoms with Gasteiger partial charge in [0.1, 0.15) is 16.5 Å². The van der Waals surface area contributed by atoms with Gasteiger partial charge in [0.25, 0.3) is 10.0 Å². The summed E-state index contributed by atoms with van der Waals surface area (Å²) in [7, 11) is -3.06. The molecular formula is C24H23F4N3O5S. The number of hydrogen-bond donors (Lipinski definition) is 2. The van der Waals surface area contributed by atoms with E-state index in [4.69, 9.17) is 9.84 Å². The molecule has 2 aromatic carbocycles. The molecule has 13 heteroatoms. The molecule has 8 nitrogen and oxygen atoms in total. The molecule has 0 atom stereocenters. The maximum absolute atomic E-state index is 14.1. The Morgan fingerprint density at radius 2 is 1.78 bits per heavy atom. The number of carboxylic acids is 1. The summed E-state index contributed by atoms with van der Waals surface area (Å²) in [5.74, 6) is -4.10. The van der Waals surface area contributed by atoms with E-state index in [9.17, 15) is 30.8 Å². The first-order valence-electron chi connectivity index (χ1n) is 11.2. The molecule has 0 radical (unpaired) electrons. The van der Waals surface area contributed by atoms with Gasteiger partial charge < -0.3 is 9.84 Å². The predicted molar refractivity (Wildman–Crippen MR) is 125 cm³/mol. The average molecular weight is 542 g/mol. The van der Waals surface area contributed by atoms with Crippen LogP contribution in [0, 0.1) is 11.7 Å². The maximum atomic E-state index is 14.1. The minimum atomic E-state index is -4.24. The fourth-order valence-corrected chi connectivity index (χ4v) is 5.40. The second-order valence-corrected chi connectivity index (χ2v) is 10.4. The summed E-state index contributed by atoms with van der Waals surface area (Å²) in [5, 5.41) is 13.1. The van der Waals surface area contributed by atoms with Crippen LogP contribution in [0.3, 0.4) is 0 Å². The van der Waals surface area contributed by atoms with Gasteiger partial charge in [0, 0.05) is 6.07 Å². The van der Waals surface area contributed by atoms with Gasteiger partial charge in [-0.15, -0.1) is 0 Å². The zero-order chi connectivity index (χ0) is 27.0. The highest BCUT2D eigenvalue weighted by Crippen LogP contribution is 2.43. The van der Waals surface area contributed by atoms with Crippen LogP contribution in [-0.2, 0) is 10.0 Å². The van der Waals surface area contributed by atoms with Crippen molar-refractivity contribution in [3.05, 3.63) is 65.7 Å². The third kappa shape index (κ3) is 5.71. The number of halogens is 4. The summed E-state index contributed by atoms with van der Waals surface area (Å²) >= 11 is 0. The Kier molecular flexibility index (Phi) is 7.18. The number of methoxy groups -OCH3 is 1. The van der Waals surface area contributed by atoms with E-state index in [1.54, 1.807) is 24.3 Å². The maximum Gasteiger partial charge on any atom is 0.391 e. The summed E-state index contributed by atoms with van der Waals surface area (Å²) in [5.41, 5.74) is 0.473. The Bertz CT molecular complexity index is 1400. The highest BCUT2D eigenvalue weighted by Gasteiger charge is 2.41. The summed E-state index contributed by atoms with van der Waals surface area (Å²) in [4.78, 5) is 10.9. The number of anilines is 1. The van der Waals surface area contributed by atoms with Crippen LogP contribution in [0.15, 0.2) is 53.7 Å². The van der Waals surface area contributed by atoms with Gasteiger partial charge in [-0.3, -0.25) is 4.72 Å². The summed E-state index contributed by atoms with van der Waals surface area (Å²) in [6.07, 6.45) is -0.770. The Morgan fingerprint density at radius 3 is 2.35 bits per heavy atom. The molecule has 1 aromatic heterocycles. The minimum Gasteiger partial charge on any atom is -0.495 e. The molecule has 198 valence electrons. The fourth-order valence-electron chi connectivity index (χ4n) is 4.41. The molecule has 0 unspecified atom stereocenters. The third-order valence-corrected chi connectivity index (χ3v) is 7.77. The van der Waals surface area contributed by atoms with Crippen LogP contribution in [-0.4, -0.2) is 42.6 Å². The Balaban J connectivity index is 1.49. The van der Waals surface area contributed by atoms with Crippen LogP contribution >= 0.6 is 0 Å². The van der Waals surface area contributed by atoms with E-state index in [1.807, 2.05) is 0 Å². The smallest absolute Gasteiger partial charge is 0.391 e. The van der Waals surface area contributed by atoms with Crippen molar-refractivity contribution in [1.29, 1.82) is 0 Å². The SMILES string of the molecule is COc1cc(C(=O)O)c(F)cc1NS(=O)(=O)c1cnn(-c2ccc([C@H]3CC[C@@H](C(F)(F)F)CC3)cc2)c1. The Labute approximate surface area is 209 Å². The lowest BCUT2D eigenvalue weighted by atomic mass is 9.78. The van der Waals surface area contributed by atoms with Crippen LogP contribution in [0.1, 0.15) is 47.5 Å². The highest BCUT2D eigenvalue weighted by molar-refractivity contribution is 7.92. The molecule has 37 heavy (non-hydrogen) atoms. The number of rotatable bonds is 7. The van der Waals surface area contributed by atoms with Crippen LogP contribution < -0.4 is 9.46 Å². The van der Waals surface area contributed by atoms with E-state index < -0.39 is 39.5 Å². The second-order valence-electron chi connectivity index (χ2n) is 8.75. The number of nitrogens with one attached hydrogen (secondary N) is 1. The lowest BCUT2D eigenvalue weighted by Gasteiger charge is -2.30. The molecule has 4 rings (SSSR count). The van der Waals surface area contributed by atoms with Gasteiger partial charge in [0.05, 0.1) is 42.4 Å². The van der Waals surface area contributed by atoms with Gasteiger partial charge in [0.15, 0.2) is 0 Å². The first-order chi connectivity index (χ1) is 17.4. The lowest BCUT2D eigenvalue weighted by molar-refractivity contribution is -0.182. The van der Waals surface area contributed by atoms with E-state index in [0.717, 1.165) is 17.8 Å². The monoisotopic (exact) mass is 541 g/mol. The molecule has 1 aliphatic carbocycles. The number of carbonyl (C=O) groups is 1. The van der Waals surface area contributed by atoms with Gasteiger partial charge in [0.2, 0.25) is 0 Å². The molecule has 0 saturated heterocycles. The van der Waals surface area contributed by atoms with Crippen molar-refractivity contribution in [2.45, 2.75) is 42.7 Å². The number of aromatic carboxylic acids is 1. The summed E-state index contributed by atoms with van der Waals surface area (Å²) < 4.78 is 87.1. The van der Waals surface area contributed by atoms with Gasteiger partial charge >= 0.3 is 12.1 Å². The van der Waals surface area contributed by atoms with E-state index in [2.05, 4.69) is 9.82 Å². The van der Waals surface area contributed by atoms with Crippen LogP contribution in [0.5, 0.6) is 5.75 Å². The zero-order valence-corrected chi connectivity index (χ0v) is 20.3. The number of hydrogen-bond acceptors (Lipinski definition) is 5. The Morgan fingerprint density at radius 1 is 1.14 bits per heavy atom. The molecule has 0 bridgehead atoms. The van der Waals surface area contributed by atoms with Gasteiger partial charge in [-0.05, 0) is 55.4 Å². The largest absolute Gasteiger partial charge is 0.495 e. The number of carboxylic acid groups (broad SMARTS) is 1. The molecule has 2 N–H and O–H groups in total. The van der Waals surface area contributed by atoms with E-state index in [-0.39, 0.29) is 35.1 Å². The molecular weight excluding hydrogens is 518 g/mol. The molecule has 3 aromatic rings. The van der Waals surface area contributed by atoms with Gasteiger partial charge in [-0.2, -0.15) is 18.3 Å². The predicted octanol–water partition coefficient (Wildman–Crippen LogP) is 5.36. The first kappa shape index (κ1) is 26.5. The van der Waals surface area contributed by atoms with Crippen molar-refractivity contribution in [3.63, 3.8) is 0 Å². The number of ether oxygens (including phenoxy) is 1. The summed E-state index contributed by atoms with van der Waals surface area (Å²) in [6, 6.07) is 8.57. The molecule has 1 fully saturated rings. The van der Waals surface area contributed by atoms with Gasteiger partial charge in [-0.1, -0.05) is 12.1 Å². The first-order valence-corrected chi connectivity index (χ1v) is 12.7. The van der Waals surface area contributed by atoms with Crippen LogP contribution in [0.4, 0.5) is 23.2 Å². The van der Waals surface area contributed by atoms with E-state index in [0.29, 0.717) is 24.6 Å². The van der Waals surface area contributed by atoms with Crippen LogP contribution in [0.2, 0.25) is 0 Å². The second kappa shape index (κ2) is 10.0. The van der Waals surface area contributed by atoms with E-state index >= 15 is 0 Å². The molecule has 1 heterocycles. The number of benzene rings is 2. The molecule has 1 saturated carbocycles. The minimum absolute atomic E-state index is 0.0216. The lowest BCUT2D eigenvalue weighted by Crippen LogP contribution is -2.27. The molecule has 0 amide bonds. The average Bonchev–Trinajstić information content (AvgIpc) is 3.35. The highest BCUT2D eigenvalue weighted by atomic mass is 32.2. The van der Waals surface area contributed by atoms with Crippen molar-refractivity contribution in [1.82, 2.24) is 9.78 Å². The fraction of sp³-hybridized carbons (Fsp3) is 0.333. The number of alkyl halides is 3. The van der Waals surface area contributed by atoms with Crippen molar-refractivity contribution in [3.8, 4) is 11.4 Å². The standard InChI is InChI=1S/C24H23F4N3O5S/c1-36-22-10-19(23(32)33)20(25)11-21(22)30-37(34,35)18-12-29-31(13-18)17-8-4-15(5-9-17)14-2-6-16(7-3-14)24(26,27)28/h4-5,8-14,16,30H,2-3,6-7H2,1H3,(H,32,33)/t14-,16+. The molecule has 0 spiro atoms.